The number of benzene rings is 1. The van der Waals surface area contributed by atoms with Gasteiger partial charge in [-0.3, -0.25) is 4.90 Å². The van der Waals surface area contributed by atoms with Crippen LogP contribution in [-0.2, 0) is 19.9 Å². The zero-order valence-electron chi connectivity index (χ0n) is 12.7. The van der Waals surface area contributed by atoms with Crippen LogP contribution in [-0.4, -0.2) is 44.1 Å². The molecule has 23 heavy (non-hydrogen) atoms. The van der Waals surface area contributed by atoms with Crippen LogP contribution >= 0.6 is 0 Å². The van der Waals surface area contributed by atoms with E-state index in [-0.39, 0.29) is 12.3 Å². The Morgan fingerprint density at radius 1 is 1.22 bits per heavy atom. The summed E-state index contributed by atoms with van der Waals surface area (Å²) in [4.78, 5) is 24.0. The van der Waals surface area contributed by atoms with E-state index < -0.39 is 29.4 Å². The fraction of sp³-hybridized carbons (Fsp3) is 0.429. The monoisotopic (exact) mass is 335 g/mol. The minimum absolute atomic E-state index is 0.136. The Bertz CT molecular complexity index is 573. The van der Waals surface area contributed by atoms with Gasteiger partial charge in [-0.05, 0) is 19.1 Å². The van der Waals surface area contributed by atoms with E-state index in [1.807, 2.05) is 0 Å². The van der Waals surface area contributed by atoms with Gasteiger partial charge >= 0.3 is 18.2 Å². The van der Waals surface area contributed by atoms with Gasteiger partial charge in [0, 0.05) is 18.3 Å². The lowest BCUT2D eigenvalue weighted by Gasteiger charge is -2.28. The number of carbonyl (C=O) groups excluding carboxylic acids is 2. The van der Waals surface area contributed by atoms with Crippen LogP contribution in [0.1, 0.15) is 12.5 Å². The van der Waals surface area contributed by atoms with Gasteiger partial charge in [0.15, 0.2) is 0 Å². The van der Waals surface area contributed by atoms with Crippen molar-refractivity contribution in [1.29, 1.82) is 0 Å². The van der Waals surface area contributed by atoms with Crippen molar-refractivity contribution in [2.45, 2.75) is 18.7 Å². The van der Waals surface area contributed by atoms with Crippen LogP contribution in [0.3, 0.4) is 0 Å². The van der Waals surface area contributed by atoms with Crippen LogP contribution in [0, 0.1) is 0 Å². The number of hydrogen-bond donors (Lipinski definition) is 1. The minimum atomic E-state index is -5.27. The number of ether oxygens (including phenoxy) is 2. The number of methoxy groups -OCH3 is 1. The van der Waals surface area contributed by atoms with E-state index >= 15 is 0 Å². The minimum Gasteiger partial charge on any atom is -0.466 e. The quantitative estimate of drug-likeness (QED) is 0.854. The molecule has 0 saturated carbocycles. The average molecular weight is 335 g/mol. The number of halogens is 3. The molecule has 0 aromatic heterocycles. The van der Waals surface area contributed by atoms with E-state index in [0.29, 0.717) is 0 Å². The van der Waals surface area contributed by atoms with Crippen molar-refractivity contribution in [3.63, 3.8) is 0 Å². The Kier molecular flexibility index (Phi) is 5.60. The van der Waals surface area contributed by atoms with Crippen LogP contribution in [0.2, 0.25) is 0 Å². The Hall–Kier alpha value is -2.29. The second kappa shape index (κ2) is 6.86. The van der Waals surface area contributed by atoms with E-state index in [4.69, 9.17) is 4.74 Å². The first-order chi connectivity index (χ1) is 10.6. The summed E-state index contributed by atoms with van der Waals surface area (Å²) in [7, 11) is 2.10. The lowest BCUT2D eigenvalue weighted by Crippen LogP contribution is -2.49. The summed E-state index contributed by atoms with van der Waals surface area (Å²) >= 11 is 0. The Balaban J connectivity index is 3.20. The lowest BCUT2D eigenvalue weighted by atomic mass is 9.93. The van der Waals surface area contributed by atoms with Gasteiger partial charge in [0.25, 0.3) is 5.60 Å². The van der Waals surface area contributed by atoms with Crippen molar-refractivity contribution >= 4 is 17.7 Å². The number of amides is 1. The van der Waals surface area contributed by atoms with Crippen LogP contribution < -0.4 is 4.90 Å². The highest BCUT2D eigenvalue weighted by Crippen LogP contribution is 2.40. The summed E-state index contributed by atoms with van der Waals surface area (Å²) in [5.74, 6) is -1.85. The number of anilines is 1. The molecule has 1 N–H and O–H groups in total. The normalized spacial score (nSPS) is 13.9. The van der Waals surface area contributed by atoms with Gasteiger partial charge in [-0.2, -0.15) is 13.2 Å². The highest BCUT2D eigenvalue weighted by Gasteiger charge is 2.62. The fourth-order valence-corrected chi connectivity index (χ4v) is 1.80. The highest BCUT2D eigenvalue weighted by molar-refractivity contribution is 5.87. The molecular formula is C14H16F3NO5. The van der Waals surface area contributed by atoms with Crippen LogP contribution in [0.4, 0.5) is 23.7 Å². The number of carbonyl (C=O) groups is 2. The molecule has 0 spiro atoms. The van der Waals surface area contributed by atoms with E-state index in [0.717, 1.165) is 36.3 Å². The lowest BCUT2D eigenvalue weighted by molar-refractivity contribution is -0.266. The summed E-state index contributed by atoms with van der Waals surface area (Å²) in [5.41, 5.74) is -4.29. The van der Waals surface area contributed by atoms with Crippen molar-refractivity contribution in [2.75, 3.05) is 25.7 Å². The predicted octanol–water partition coefficient (Wildman–Crippen LogP) is 2.20. The number of nitrogens with zero attached hydrogens (tertiary/aromatic N) is 1. The number of esters is 1. The van der Waals surface area contributed by atoms with Gasteiger partial charge in [-0.25, -0.2) is 9.59 Å². The maximum absolute atomic E-state index is 13.1. The molecule has 128 valence electrons. The van der Waals surface area contributed by atoms with Crippen LogP contribution in [0.15, 0.2) is 24.3 Å². The maximum Gasteiger partial charge on any atom is 0.432 e. The number of rotatable bonds is 4. The molecule has 1 aromatic rings. The van der Waals surface area contributed by atoms with Gasteiger partial charge < -0.3 is 14.6 Å². The first-order valence-electron chi connectivity index (χ1n) is 6.48. The zero-order valence-corrected chi connectivity index (χ0v) is 12.7. The summed E-state index contributed by atoms with van der Waals surface area (Å²) in [6, 6.07) is 4.06. The molecule has 0 heterocycles. The second-order valence-corrected chi connectivity index (χ2v) is 4.50. The predicted molar refractivity (Wildman–Crippen MR) is 73.8 cm³/mol. The molecule has 9 heteroatoms. The number of aliphatic hydroxyl groups is 1. The van der Waals surface area contributed by atoms with Crippen molar-refractivity contribution in [2.24, 2.45) is 0 Å². The maximum atomic E-state index is 13.1. The first-order valence-corrected chi connectivity index (χ1v) is 6.48. The van der Waals surface area contributed by atoms with E-state index in [2.05, 4.69) is 4.74 Å². The third-order valence-electron chi connectivity index (χ3n) is 3.11. The highest BCUT2D eigenvalue weighted by atomic mass is 19.4. The Morgan fingerprint density at radius 2 is 1.74 bits per heavy atom. The number of hydrogen-bond acceptors (Lipinski definition) is 5. The van der Waals surface area contributed by atoms with Crippen molar-refractivity contribution in [1.82, 2.24) is 0 Å². The molecule has 0 aliphatic carbocycles. The van der Waals surface area contributed by atoms with Gasteiger partial charge in [0.1, 0.15) is 0 Å². The average Bonchev–Trinajstić information content (AvgIpc) is 2.51. The van der Waals surface area contributed by atoms with Crippen molar-refractivity contribution in [3.8, 4) is 0 Å². The second-order valence-electron chi connectivity index (χ2n) is 4.50. The summed E-state index contributed by atoms with van der Waals surface area (Å²) in [6.07, 6.45) is -5.96. The summed E-state index contributed by atoms with van der Waals surface area (Å²) < 4.78 is 48.0. The molecule has 1 aromatic carbocycles. The van der Waals surface area contributed by atoms with Gasteiger partial charge in [-0.15, -0.1) is 0 Å². The zero-order chi connectivity index (χ0) is 17.8. The molecule has 0 radical (unpaired) electrons. The van der Waals surface area contributed by atoms with E-state index in [1.54, 1.807) is 6.92 Å². The van der Waals surface area contributed by atoms with E-state index in [1.165, 1.54) is 7.05 Å². The largest absolute Gasteiger partial charge is 0.466 e. The van der Waals surface area contributed by atoms with Crippen LogP contribution in [0.5, 0.6) is 0 Å². The molecule has 0 aliphatic heterocycles. The molecule has 1 rings (SSSR count). The molecule has 1 atom stereocenters. The molecule has 0 bridgehead atoms. The molecular weight excluding hydrogens is 319 g/mol. The van der Waals surface area contributed by atoms with Crippen molar-refractivity contribution < 1.29 is 37.3 Å². The number of alkyl halides is 3. The van der Waals surface area contributed by atoms with Crippen LogP contribution in [0.25, 0.3) is 0 Å². The van der Waals surface area contributed by atoms with Crippen molar-refractivity contribution in [3.05, 3.63) is 29.8 Å². The Labute approximate surface area is 130 Å². The molecule has 6 nitrogen and oxygen atoms in total. The smallest absolute Gasteiger partial charge is 0.432 e. The third kappa shape index (κ3) is 3.55. The molecule has 0 fully saturated rings. The van der Waals surface area contributed by atoms with E-state index in [9.17, 15) is 27.9 Å². The van der Waals surface area contributed by atoms with Gasteiger partial charge in [0.2, 0.25) is 0 Å². The molecule has 1 amide bonds. The topological polar surface area (TPSA) is 76.1 Å². The molecule has 0 saturated heterocycles. The molecule has 0 unspecified atom stereocenters. The SMILES string of the molecule is CCOC(=O)N(C)c1ccc([C@](O)(C(=O)OC)C(F)(F)F)cc1. The summed E-state index contributed by atoms with van der Waals surface area (Å²) in [6.45, 7) is 1.74. The first kappa shape index (κ1) is 18.8. The Morgan fingerprint density at radius 3 is 2.13 bits per heavy atom. The molecule has 0 aliphatic rings. The standard InChI is InChI=1S/C14H16F3NO5/c1-4-23-12(20)18(2)10-7-5-9(6-8-10)13(21,11(19)22-3)14(15,16)17/h5-8,21H,4H2,1-3H3/t13-/m0/s1. The summed E-state index contributed by atoms with van der Waals surface area (Å²) in [5, 5.41) is 9.81. The third-order valence-corrected chi connectivity index (χ3v) is 3.11. The van der Waals surface area contributed by atoms with Gasteiger partial charge in [0.05, 0.1) is 13.7 Å². The van der Waals surface area contributed by atoms with Gasteiger partial charge in [-0.1, -0.05) is 12.1 Å². The fourth-order valence-electron chi connectivity index (χ4n) is 1.80.